The summed E-state index contributed by atoms with van der Waals surface area (Å²) in [6.07, 6.45) is -1.22. The minimum atomic E-state index is -4.49. The number of aromatic nitrogens is 2. The van der Waals surface area contributed by atoms with E-state index in [0.29, 0.717) is 10.9 Å². The van der Waals surface area contributed by atoms with Gasteiger partial charge in [0.15, 0.2) is 0 Å². The Morgan fingerprint density at radius 1 is 0.829 bits per heavy atom. The van der Waals surface area contributed by atoms with Gasteiger partial charge in [0.05, 0.1) is 11.1 Å². The first kappa shape index (κ1) is 22.6. The van der Waals surface area contributed by atoms with Gasteiger partial charge in [-0.2, -0.15) is 13.2 Å². The fraction of sp³-hybridized carbons (Fsp3) is 0.192. The quantitative estimate of drug-likeness (QED) is 0.436. The molecule has 0 atom stereocenters. The van der Waals surface area contributed by atoms with Crippen LogP contribution >= 0.6 is 0 Å². The van der Waals surface area contributed by atoms with Gasteiger partial charge in [0.25, 0.3) is 5.91 Å². The molecule has 1 amide bonds. The third-order valence-corrected chi connectivity index (χ3v) is 6.02. The molecule has 6 nitrogen and oxygen atoms in total. The second kappa shape index (κ2) is 9.25. The van der Waals surface area contributed by atoms with Gasteiger partial charge in [0, 0.05) is 49.6 Å². The van der Waals surface area contributed by atoms with Gasteiger partial charge in [-0.1, -0.05) is 36.4 Å². The largest absolute Gasteiger partial charge is 0.416 e. The van der Waals surface area contributed by atoms with Crippen molar-refractivity contribution < 1.29 is 18.0 Å². The van der Waals surface area contributed by atoms with E-state index >= 15 is 0 Å². The van der Waals surface area contributed by atoms with Gasteiger partial charge in [-0.15, -0.1) is 0 Å². The van der Waals surface area contributed by atoms with Gasteiger partial charge in [-0.3, -0.25) is 4.79 Å². The lowest BCUT2D eigenvalue weighted by Crippen LogP contribution is -2.47. The summed E-state index contributed by atoms with van der Waals surface area (Å²) < 4.78 is 39.1. The van der Waals surface area contributed by atoms with Crippen molar-refractivity contribution in [3.05, 3.63) is 90.3 Å². The van der Waals surface area contributed by atoms with Crippen LogP contribution in [-0.4, -0.2) is 42.1 Å². The van der Waals surface area contributed by atoms with E-state index in [9.17, 15) is 18.0 Å². The summed E-state index contributed by atoms with van der Waals surface area (Å²) in [6, 6.07) is 17.9. The van der Waals surface area contributed by atoms with Gasteiger partial charge < -0.3 is 15.1 Å². The zero-order valence-corrected chi connectivity index (χ0v) is 18.7. The van der Waals surface area contributed by atoms with E-state index in [1.807, 2.05) is 42.5 Å². The van der Waals surface area contributed by atoms with Crippen LogP contribution in [0.2, 0.25) is 0 Å². The lowest BCUT2D eigenvalue weighted by atomic mass is 10.1. The molecule has 0 saturated carbocycles. The number of fused-ring (bicyclic) bond motifs is 1. The van der Waals surface area contributed by atoms with Crippen molar-refractivity contribution in [1.29, 1.82) is 0 Å². The molecule has 0 spiro atoms. The van der Waals surface area contributed by atoms with E-state index < -0.39 is 17.6 Å². The number of carbonyl (C=O) groups is 1. The molecule has 5 rings (SSSR count). The van der Waals surface area contributed by atoms with Crippen LogP contribution in [0.1, 0.15) is 15.9 Å². The summed E-state index contributed by atoms with van der Waals surface area (Å²) in [6.45, 7) is 3.04. The molecular formula is C26H22F3N5O. The maximum absolute atomic E-state index is 13.0. The lowest BCUT2D eigenvalue weighted by Gasteiger charge is -2.36. The number of piperazine rings is 1. The molecule has 0 unspecified atom stereocenters. The Bertz CT molecular complexity index is 1350. The van der Waals surface area contributed by atoms with Crippen molar-refractivity contribution in [1.82, 2.24) is 9.97 Å². The smallest absolute Gasteiger partial charge is 0.353 e. The minimum Gasteiger partial charge on any atom is -0.353 e. The summed E-state index contributed by atoms with van der Waals surface area (Å²) in [7, 11) is 0. The maximum atomic E-state index is 13.0. The van der Waals surface area contributed by atoms with Crippen LogP contribution in [0.5, 0.6) is 0 Å². The Balaban J connectivity index is 1.38. The standard InChI is InChI=1S/C26H22F3N5O/c27-26(28,29)18-6-5-7-19(16-18)32-25(35)22-17-31-24(21-9-2-1-8-20(21)22)34-14-12-33(13-15-34)23-10-3-4-11-30-23/h1-11,16-17H,12-15H2,(H,32,35). The van der Waals surface area contributed by atoms with Gasteiger partial charge in [0.2, 0.25) is 0 Å². The fourth-order valence-electron chi connectivity index (χ4n) is 4.27. The molecule has 0 aliphatic carbocycles. The Morgan fingerprint density at radius 2 is 1.54 bits per heavy atom. The van der Waals surface area contributed by atoms with Crippen LogP contribution in [0.25, 0.3) is 10.8 Å². The Morgan fingerprint density at radius 3 is 2.26 bits per heavy atom. The Kier molecular flexibility index (Phi) is 5.98. The summed E-state index contributed by atoms with van der Waals surface area (Å²) in [5.41, 5.74) is -0.448. The number of nitrogens with zero attached hydrogens (tertiary/aromatic N) is 4. The third-order valence-electron chi connectivity index (χ3n) is 6.02. The van der Waals surface area contributed by atoms with E-state index in [0.717, 1.165) is 55.3 Å². The highest BCUT2D eigenvalue weighted by molar-refractivity contribution is 6.14. The van der Waals surface area contributed by atoms with Crippen LogP contribution in [0.4, 0.5) is 30.5 Å². The Labute approximate surface area is 200 Å². The number of anilines is 3. The van der Waals surface area contributed by atoms with Crippen molar-refractivity contribution in [2.24, 2.45) is 0 Å². The summed E-state index contributed by atoms with van der Waals surface area (Å²) in [4.78, 5) is 26.4. The van der Waals surface area contributed by atoms with E-state index in [1.165, 1.54) is 18.3 Å². The topological polar surface area (TPSA) is 61.4 Å². The molecule has 1 fully saturated rings. The van der Waals surface area contributed by atoms with Gasteiger partial charge in [0.1, 0.15) is 11.6 Å². The number of hydrogen-bond acceptors (Lipinski definition) is 5. The number of rotatable bonds is 4. The molecule has 3 heterocycles. The van der Waals surface area contributed by atoms with Crippen molar-refractivity contribution in [3.63, 3.8) is 0 Å². The minimum absolute atomic E-state index is 0.0728. The molecule has 1 N–H and O–H groups in total. The van der Waals surface area contributed by atoms with E-state index in [-0.39, 0.29) is 5.69 Å². The predicted octanol–water partition coefficient (Wildman–Crippen LogP) is 5.23. The summed E-state index contributed by atoms with van der Waals surface area (Å²) in [5, 5.41) is 4.08. The van der Waals surface area contributed by atoms with Crippen LogP contribution in [0, 0.1) is 0 Å². The number of nitrogens with one attached hydrogen (secondary N) is 1. The molecule has 4 aromatic rings. The van der Waals surface area contributed by atoms with Crippen LogP contribution < -0.4 is 15.1 Å². The van der Waals surface area contributed by atoms with Crippen molar-refractivity contribution in [2.45, 2.75) is 6.18 Å². The highest BCUT2D eigenvalue weighted by atomic mass is 19.4. The molecule has 178 valence electrons. The average Bonchev–Trinajstić information content (AvgIpc) is 2.88. The van der Waals surface area contributed by atoms with Gasteiger partial charge >= 0.3 is 6.18 Å². The summed E-state index contributed by atoms with van der Waals surface area (Å²) in [5.74, 6) is 1.20. The van der Waals surface area contributed by atoms with E-state index in [2.05, 4.69) is 25.1 Å². The molecule has 9 heteroatoms. The van der Waals surface area contributed by atoms with Crippen molar-refractivity contribution in [2.75, 3.05) is 41.3 Å². The first-order valence-electron chi connectivity index (χ1n) is 11.2. The molecular weight excluding hydrogens is 455 g/mol. The molecule has 1 saturated heterocycles. The molecule has 2 aromatic carbocycles. The number of benzene rings is 2. The highest BCUT2D eigenvalue weighted by Crippen LogP contribution is 2.32. The molecule has 0 bridgehead atoms. The van der Waals surface area contributed by atoms with Gasteiger partial charge in [-0.05, 0) is 35.7 Å². The average molecular weight is 477 g/mol. The Hall–Kier alpha value is -4.14. The summed E-state index contributed by atoms with van der Waals surface area (Å²) >= 11 is 0. The second-order valence-electron chi connectivity index (χ2n) is 8.24. The fourth-order valence-corrected chi connectivity index (χ4v) is 4.27. The SMILES string of the molecule is O=C(Nc1cccc(C(F)(F)F)c1)c1cnc(N2CCN(c3ccccn3)CC2)c2ccccc12. The third kappa shape index (κ3) is 4.75. The van der Waals surface area contributed by atoms with E-state index in [4.69, 9.17) is 0 Å². The molecule has 1 aliphatic heterocycles. The van der Waals surface area contributed by atoms with Crippen molar-refractivity contribution in [3.8, 4) is 0 Å². The number of hydrogen-bond donors (Lipinski definition) is 1. The predicted molar refractivity (Wildman–Crippen MR) is 130 cm³/mol. The number of amides is 1. The van der Waals surface area contributed by atoms with E-state index in [1.54, 1.807) is 6.20 Å². The number of halogens is 3. The van der Waals surface area contributed by atoms with Crippen LogP contribution in [0.3, 0.4) is 0 Å². The second-order valence-corrected chi connectivity index (χ2v) is 8.24. The number of carbonyl (C=O) groups excluding carboxylic acids is 1. The number of alkyl halides is 3. The first-order chi connectivity index (χ1) is 16.9. The molecule has 1 aliphatic rings. The zero-order valence-electron chi connectivity index (χ0n) is 18.7. The first-order valence-corrected chi connectivity index (χ1v) is 11.2. The monoisotopic (exact) mass is 477 g/mol. The molecule has 35 heavy (non-hydrogen) atoms. The highest BCUT2D eigenvalue weighted by Gasteiger charge is 2.30. The zero-order chi connectivity index (χ0) is 24.4. The van der Waals surface area contributed by atoms with Crippen LogP contribution in [0.15, 0.2) is 79.1 Å². The lowest BCUT2D eigenvalue weighted by molar-refractivity contribution is -0.137. The number of pyridine rings is 2. The molecule has 2 aromatic heterocycles. The molecule has 0 radical (unpaired) electrons. The van der Waals surface area contributed by atoms with Crippen molar-refractivity contribution >= 4 is 34.0 Å². The van der Waals surface area contributed by atoms with Gasteiger partial charge in [-0.25, -0.2) is 9.97 Å². The van der Waals surface area contributed by atoms with Crippen LogP contribution in [-0.2, 0) is 6.18 Å². The maximum Gasteiger partial charge on any atom is 0.416 e. The normalized spacial score (nSPS) is 14.3.